The summed E-state index contributed by atoms with van der Waals surface area (Å²) in [5.41, 5.74) is 9.90. The molecule has 2 aromatic rings. The summed E-state index contributed by atoms with van der Waals surface area (Å²) in [5.74, 6) is 1.54. The zero-order valence-corrected chi connectivity index (χ0v) is 17.3. The third-order valence-electron chi connectivity index (χ3n) is 6.20. The topological polar surface area (TPSA) is 15.6 Å². The van der Waals surface area contributed by atoms with Gasteiger partial charge >= 0.3 is 0 Å². The van der Waals surface area contributed by atoms with Gasteiger partial charge in [-0.2, -0.15) is 0 Å². The van der Waals surface area contributed by atoms with Gasteiger partial charge in [0.15, 0.2) is 0 Å². The van der Waals surface area contributed by atoms with Crippen LogP contribution in [0, 0.1) is 13.8 Å². The van der Waals surface area contributed by atoms with Crippen molar-refractivity contribution in [3.8, 4) is 0 Å². The summed E-state index contributed by atoms with van der Waals surface area (Å²) in [6, 6.07) is 11.7. The molecule has 27 heavy (non-hydrogen) atoms. The molecule has 0 amide bonds. The number of rotatable bonds is 7. The van der Waals surface area contributed by atoms with Crippen LogP contribution in [0.5, 0.6) is 0 Å². The lowest BCUT2D eigenvalue weighted by atomic mass is 9.90. The maximum absolute atomic E-state index is 4.89. The Kier molecular flexibility index (Phi) is 5.08. The first-order chi connectivity index (χ1) is 13.1. The molecule has 0 aromatic heterocycles. The first-order valence-electron chi connectivity index (χ1n) is 10.5. The molecule has 2 nitrogen and oxygen atoms in total. The average molecular weight is 361 g/mol. The standard InChI is InChI=1S/C25H32N2/c1-5-27(4)16-26-25-17(2)14-23(18(3)24(25)22-12-13-22)15-19-6-8-20(9-7-19)21-10-11-21/h6-9,14,16,21-22H,5,10-13,15H2,1-4H3. The first-order valence-corrected chi connectivity index (χ1v) is 10.5. The van der Waals surface area contributed by atoms with Crippen molar-refractivity contribution < 1.29 is 0 Å². The smallest absolute Gasteiger partial charge is 0.0909 e. The molecule has 0 saturated heterocycles. The Bertz CT molecular complexity index is 840. The Balaban J connectivity index is 1.64. The van der Waals surface area contributed by atoms with Gasteiger partial charge in [-0.05, 0) is 98.1 Å². The summed E-state index contributed by atoms with van der Waals surface area (Å²) in [6.45, 7) is 7.67. The van der Waals surface area contributed by atoms with Crippen molar-refractivity contribution >= 4 is 12.0 Å². The van der Waals surface area contributed by atoms with Gasteiger partial charge in [-0.15, -0.1) is 0 Å². The Labute approximate surface area is 164 Å². The highest BCUT2D eigenvalue weighted by Gasteiger charge is 2.29. The van der Waals surface area contributed by atoms with Crippen LogP contribution in [0.25, 0.3) is 0 Å². The summed E-state index contributed by atoms with van der Waals surface area (Å²) < 4.78 is 0. The molecule has 0 aliphatic heterocycles. The van der Waals surface area contributed by atoms with Crippen LogP contribution in [-0.4, -0.2) is 24.8 Å². The Morgan fingerprint density at radius 3 is 2.30 bits per heavy atom. The molecule has 2 fully saturated rings. The molecule has 2 aliphatic carbocycles. The van der Waals surface area contributed by atoms with Gasteiger partial charge in [-0.25, -0.2) is 4.99 Å². The molecule has 2 saturated carbocycles. The molecule has 0 radical (unpaired) electrons. The van der Waals surface area contributed by atoms with E-state index in [1.165, 1.54) is 64.8 Å². The summed E-state index contributed by atoms with van der Waals surface area (Å²) in [4.78, 5) is 7.03. The van der Waals surface area contributed by atoms with E-state index in [4.69, 9.17) is 4.99 Å². The number of benzene rings is 2. The average Bonchev–Trinajstić information content (AvgIpc) is 3.56. The quantitative estimate of drug-likeness (QED) is 0.420. The molecule has 0 atom stereocenters. The number of aliphatic imine (C=N–C) groups is 1. The monoisotopic (exact) mass is 360 g/mol. The summed E-state index contributed by atoms with van der Waals surface area (Å²) in [6.07, 6.45) is 8.38. The van der Waals surface area contributed by atoms with Gasteiger partial charge in [-0.1, -0.05) is 30.3 Å². The molecule has 0 unspecified atom stereocenters. The fourth-order valence-corrected chi connectivity index (χ4v) is 4.01. The van der Waals surface area contributed by atoms with E-state index in [2.05, 4.69) is 63.1 Å². The summed E-state index contributed by atoms with van der Waals surface area (Å²) in [5, 5.41) is 0. The number of hydrogen-bond donors (Lipinski definition) is 0. The minimum atomic E-state index is 0.708. The molecular formula is C25H32N2. The Morgan fingerprint density at radius 2 is 1.70 bits per heavy atom. The van der Waals surface area contributed by atoms with Crippen LogP contribution in [0.1, 0.15) is 77.8 Å². The van der Waals surface area contributed by atoms with Gasteiger partial charge in [0.05, 0.1) is 12.0 Å². The van der Waals surface area contributed by atoms with Gasteiger partial charge in [-0.3, -0.25) is 0 Å². The molecule has 142 valence electrons. The summed E-state index contributed by atoms with van der Waals surface area (Å²) >= 11 is 0. The van der Waals surface area contributed by atoms with Crippen molar-refractivity contribution in [3.63, 3.8) is 0 Å². The normalized spacial score (nSPS) is 16.9. The molecule has 0 bridgehead atoms. The van der Waals surface area contributed by atoms with Crippen molar-refractivity contribution in [3.05, 3.63) is 63.7 Å². The van der Waals surface area contributed by atoms with Crippen LogP contribution < -0.4 is 0 Å². The predicted octanol–water partition coefficient (Wildman–Crippen LogP) is 6.26. The highest BCUT2D eigenvalue weighted by Crippen LogP contribution is 2.48. The van der Waals surface area contributed by atoms with Gasteiger partial charge in [0.1, 0.15) is 0 Å². The highest BCUT2D eigenvalue weighted by molar-refractivity contribution is 5.69. The maximum Gasteiger partial charge on any atom is 0.0909 e. The molecule has 2 heteroatoms. The number of hydrogen-bond acceptors (Lipinski definition) is 1. The fraction of sp³-hybridized carbons (Fsp3) is 0.480. The first kappa shape index (κ1) is 18.3. The van der Waals surface area contributed by atoms with Gasteiger partial charge in [0.2, 0.25) is 0 Å². The van der Waals surface area contributed by atoms with Crippen LogP contribution in [-0.2, 0) is 6.42 Å². The third kappa shape index (κ3) is 4.10. The molecule has 0 N–H and O–H groups in total. The van der Waals surface area contributed by atoms with E-state index >= 15 is 0 Å². The van der Waals surface area contributed by atoms with E-state index in [1.54, 1.807) is 0 Å². The zero-order valence-electron chi connectivity index (χ0n) is 17.3. The molecular weight excluding hydrogens is 328 g/mol. The largest absolute Gasteiger partial charge is 0.366 e. The van der Waals surface area contributed by atoms with Crippen LogP contribution in [0.3, 0.4) is 0 Å². The van der Waals surface area contributed by atoms with E-state index in [9.17, 15) is 0 Å². The van der Waals surface area contributed by atoms with Gasteiger partial charge < -0.3 is 4.90 Å². The van der Waals surface area contributed by atoms with Crippen LogP contribution >= 0.6 is 0 Å². The molecule has 0 spiro atoms. The number of nitrogens with zero attached hydrogens (tertiary/aromatic N) is 2. The van der Waals surface area contributed by atoms with E-state index in [0.717, 1.165) is 18.9 Å². The van der Waals surface area contributed by atoms with Crippen LogP contribution in [0.15, 0.2) is 35.3 Å². The van der Waals surface area contributed by atoms with Gasteiger partial charge in [0, 0.05) is 13.6 Å². The van der Waals surface area contributed by atoms with Crippen molar-refractivity contribution in [2.45, 2.75) is 64.7 Å². The lowest BCUT2D eigenvalue weighted by Gasteiger charge is -2.18. The second-order valence-corrected chi connectivity index (χ2v) is 8.52. The second-order valence-electron chi connectivity index (χ2n) is 8.52. The number of aryl methyl sites for hydroxylation is 1. The lowest BCUT2D eigenvalue weighted by molar-refractivity contribution is 0.552. The highest BCUT2D eigenvalue weighted by atomic mass is 15.1. The van der Waals surface area contributed by atoms with Crippen molar-refractivity contribution in [2.75, 3.05) is 13.6 Å². The van der Waals surface area contributed by atoms with E-state index in [1.807, 2.05) is 6.34 Å². The van der Waals surface area contributed by atoms with E-state index < -0.39 is 0 Å². The van der Waals surface area contributed by atoms with Crippen LogP contribution in [0.4, 0.5) is 5.69 Å². The molecule has 0 heterocycles. The molecule has 4 rings (SSSR count). The zero-order chi connectivity index (χ0) is 19.0. The second kappa shape index (κ2) is 7.50. The summed E-state index contributed by atoms with van der Waals surface area (Å²) in [7, 11) is 2.09. The maximum atomic E-state index is 4.89. The Hall–Kier alpha value is -2.09. The van der Waals surface area contributed by atoms with Crippen molar-refractivity contribution in [1.82, 2.24) is 4.90 Å². The van der Waals surface area contributed by atoms with Gasteiger partial charge in [0.25, 0.3) is 0 Å². The van der Waals surface area contributed by atoms with Crippen LogP contribution in [0.2, 0.25) is 0 Å². The Morgan fingerprint density at radius 1 is 1.04 bits per heavy atom. The SMILES string of the molecule is CCN(C)C=Nc1c(C)cc(Cc2ccc(C3CC3)cc2)c(C)c1C1CC1. The molecule has 2 aliphatic rings. The fourth-order valence-electron chi connectivity index (χ4n) is 4.01. The minimum Gasteiger partial charge on any atom is -0.366 e. The lowest BCUT2D eigenvalue weighted by Crippen LogP contribution is -2.14. The van der Waals surface area contributed by atoms with E-state index in [-0.39, 0.29) is 0 Å². The van der Waals surface area contributed by atoms with E-state index in [0.29, 0.717) is 5.92 Å². The third-order valence-corrected chi connectivity index (χ3v) is 6.20. The van der Waals surface area contributed by atoms with Crippen molar-refractivity contribution in [2.24, 2.45) is 4.99 Å². The predicted molar refractivity (Wildman–Crippen MR) is 116 cm³/mol. The molecule has 2 aromatic carbocycles. The minimum absolute atomic E-state index is 0.708. The van der Waals surface area contributed by atoms with Crippen molar-refractivity contribution in [1.29, 1.82) is 0 Å².